The highest BCUT2D eigenvalue weighted by atomic mass is 19.3. The first-order valence-electron chi connectivity index (χ1n) is 7.42. The van der Waals surface area contributed by atoms with Crippen molar-refractivity contribution in [1.29, 1.82) is 0 Å². The van der Waals surface area contributed by atoms with Crippen molar-refractivity contribution < 1.29 is 32.3 Å². The molecular weight excluding hydrogens is 328 g/mol. The predicted molar refractivity (Wildman–Crippen MR) is 77.6 cm³/mol. The van der Waals surface area contributed by atoms with Gasteiger partial charge in [-0.05, 0) is 6.92 Å². The molecule has 7 heteroatoms. The standard InChI is InChI=1S/C17H18F4O3/c1-5-6-9-8(2)10(7-11(9)22)16(14(23)24)15(3,4)17(16,12(18)19)13(20)21/h1,10,12-13H,6-7H2,2-4H3,(H,23,24)/t10-,16?/m1/s1. The summed E-state index contributed by atoms with van der Waals surface area (Å²) in [4.78, 5) is 24.1. The molecule has 0 amide bonds. The van der Waals surface area contributed by atoms with Gasteiger partial charge in [0.05, 0.1) is 5.41 Å². The van der Waals surface area contributed by atoms with E-state index in [0.717, 1.165) is 13.8 Å². The summed E-state index contributed by atoms with van der Waals surface area (Å²) >= 11 is 0. The Morgan fingerprint density at radius 2 is 1.83 bits per heavy atom. The molecule has 1 fully saturated rings. The maximum Gasteiger partial charge on any atom is 0.311 e. The highest BCUT2D eigenvalue weighted by Crippen LogP contribution is 2.86. The van der Waals surface area contributed by atoms with Crippen LogP contribution in [0.5, 0.6) is 0 Å². The van der Waals surface area contributed by atoms with E-state index in [0.29, 0.717) is 0 Å². The van der Waals surface area contributed by atoms with E-state index in [9.17, 15) is 32.3 Å². The summed E-state index contributed by atoms with van der Waals surface area (Å²) in [5.41, 5.74) is -6.91. The first-order valence-corrected chi connectivity index (χ1v) is 7.42. The Morgan fingerprint density at radius 3 is 2.17 bits per heavy atom. The second-order valence-electron chi connectivity index (χ2n) is 6.93. The van der Waals surface area contributed by atoms with Crippen molar-refractivity contribution >= 4 is 11.8 Å². The minimum atomic E-state index is -3.54. The number of carbonyl (C=O) groups is 2. The summed E-state index contributed by atoms with van der Waals surface area (Å²) in [6, 6.07) is 0. The molecule has 0 spiro atoms. The third-order valence-electron chi connectivity index (χ3n) is 6.16. The normalized spacial score (nSPS) is 30.8. The van der Waals surface area contributed by atoms with Crippen molar-refractivity contribution in [2.24, 2.45) is 22.2 Å². The van der Waals surface area contributed by atoms with Gasteiger partial charge in [-0.3, -0.25) is 9.59 Å². The molecule has 0 heterocycles. The summed E-state index contributed by atoms with van der Waals surface area (Å²) < 4.78 is 54.9. The molecule has 0 saturated heterocycles. The number of terminal acetylenes is 1. The van der Waals surface area contributed by atoms with E-state index in [1.807, 2.05) is 0 Å². The molecule has 1 saturated carbocycles. The quantitative estimate of drug-likeness (QED) is 0.612. The van der Waals surface area contributed by atoms with Crippen molar-refractivity contribution in [2.75, 3.05) is 0 Å². The molecule has 132 valence electrons. The van der Waals surface area contributed by atoms with Crippen molar-refractivity contribution in [3.05, 3.63) is 11.1 Å². The number of carboxylic acids is 1. The van der Waals surface area contributed by atoms with Crippen LogP contribution in [-0.2, 0) is 9.59 Å². The van der Waals surface area contributed by atoms with Crippen molar-refractivity contribution in [1.82, 2.24) is 0 Å². The Kier molecular flexibility index (Phi) is 4.11. The van der Waals surface area contributed by atoms with Gasteiger partial charge in [0, 0.05) is 29.7 Å². The van der Waals surface area contributed by atoms with E-state index >= 15 is 0 Å². The first kappa shape index (κ1) is 18.5. The van der Waals surface area contributed by atoms with Gasteiger partial charge in [-0.1, -0.05) is 19.4 Å². The fourth-order valence-corrected chi connectivity index (χ4v) is 4.99. The number of aliphatic carboxylic acids is 1. The predicted octanol–water partition coefficient (Wildman–Crippen LogP) is 3.54. The third kappa shape index (κ3) is 1.69. The van der Waals surface area contributed by atoms with Crippen LogP contribution >= 0.6 is 0 Å². The highest BCUT2D eigenvalue weighted by Gasteiger charge is 2.95. The summed E-state index contributed by atoms with van der Waals surface area (Å²) in [6.45, 7) is 3.63. The lowest BCUT2D eigenvalue weighted by Crippen LogP contribution is -2.39. The van der Waals surface area contributed by atoms with Gasteiger partial charge in [-0.25, -0.2) is 17.6 Å². The van der Waals surface area contributed by atoms with Crippen LogP contribution in [0.3, 0.4) is 0 Å². The summed E-state index contributed by atoms with van der Waals surface area (Å²) in [5, 5.41) is 9.71. The lowest BCUT2D eigenvalue weighted by Gasteiger charge is -2.27. The summed E-state index contributed by atoms with van der Waals surface area (Å²) in [6.07, 6.45) is -2.37. The van der Waals surface area contributed by atoms with Crippen molar-refractivity contribution in [2.45, 2.75) is 46.5 Å². The van der Waals surface area contributed by atoms with Gasteiger partial charge in [0.2, 0.25) is 0 Å². The number of halogens is 4. The second-order valence-corrected chi connectivity index (χ2v) is 6.93. The zero-order chi connectivity index (χ0) is 18.7. The molecule has 24 heavy (non-hydrogen) atoms. The van der Waals surface area contributed by atoms with Gasteiger partial charge in [0.25, 0.3) is 12.9 Å². The van der Waals surface area contributed by atoms with Crippen molar-refractivity contribution in [3.63, 3.8) is 0 Å². The van der Waals surface area contributed by atoms with Crippen LogP contribution in [0.2, 0.25) is 0 Å². The van der Waals surface area contributed by atoms with Gasteiger partial charge >= 0.3 is 5.97 Å². The molecule has 2 aliphatic carbocycles. The SMILES string of the molecule is C#CCC1=C(C)[C@H](C2(C(=O)O)C(C)(C)C2(C(F)F)C(F)F)CC1=O. The van der Waals surface area contributed by atoms with Crippen LogP contribution in [0.1, 0.15) is 33.6 Å². The Balaban J connectivity index is 2.71. The van der Waals surface area contributed by atoms with Crippen LogP contribution < -0.4 is 0 Å². The second kappa shape index (κ2) is 5.33. The number of Topliss-reactive ketones (excluding diaryl/α,β-unsaturated/α-hetero) is 1. The third-order valence-corrected chi connectivity index (χ3v) is 6.16. The summed E-state index contributed by atoms with van der Waals surface area (Å²) in [5.74, 6) is -1.15. The number of allylic oxidation sites excluding steroid dienone is 2. The lowest BCUT2D eigenvalue weighted by molar-refractivity contribution is -0.155. The number of hydrogen-bond acceptors (Lipinski definition) is 2. The molecule has 2 atom stereocenters. The Bertz CT molecular complexity index is 664. The molecule has 2 rings (SSSR count). The van der Waals surface area contributed by atoms with Crippen LogP contribution in [0, 0.1) is 34.5 Å². The molecule has 3 nitrogen and oxygen atoms in total. The van der Waals surface area contributed by atoms with Crippen LogP contribution in [0.4, 0.5) is 17.6 Å². The minimum absolute atomic E-state index is 0.0757. The van der Waals surface area contributed by atoms with E-state index in [1.165, 1.54) is 6.92 Å². The maximum atomic E-state index is 13.7. The fourth-order valence-electron chi connectivity index (χ4n) is 4.99. The molecule has 0 aromatic heterocycles. The van der Waals surface area contributed by atoms with Gasteiger partial charge in [0.1, 0.15) is 5.41 Å². The number of carboxylic acid groups (broad SMARTS) is 1. The average Bonchev–Trinajstić information content (AvgIpc) is 2.80. The van der Waals surface area contributed by atoms with Crippen LogP contribution in [0.15, 0.2) is 11.1 Å². The maximum absolute atomic E-state index is 13.7. The molecule has 0 aromatic rings. The molecule has 0 bridgehead atoms. The Morgan fingerprint density at radius 1 is 1.33 bits per heavy atom. The monoisotopic (exact) mass is 346 g/mol. The first-order chi connectivity index (χ1) is 11.0. The smallest absolute Gasteiger partial charge is 0.311 e. The summed E-state index contributed by atoms with van der Waals surface area (Å²) in [7, 11) is 0. The minimum Gasteiger partial charge on any atom is -0.481 e. The number of carbonyl (C=O) groups excluding carboxylic acids is 1. The largest absolute Gasteiger partial charge is 0.481 e. The van der Waals surface area contributed by atoms with Crippen LogP contribution in [0.25, 0.3) is 0 Å². The Hall–Kier alpha value is -1.84. The Labute approximate surface area is 137 Å². The number of ketones is 1. The molecular formula is C17H18F4O3. The topological polar surface area (TPSA) is 54.4 Å². The van der Waals surface area contributed by atoms with E-state index in [-0.39, 0.29) is 24.0 Å². The van der Waals surface area contributed by atoms with E-state index in [4.69, 9.17) is 6.42 Å². The van der Waals surface area contributed by atoms with E-state index in [1.54, 1.807) is 0 Å². The molecule has 0 aromatic carbocycles. The van der Waals surface area contributed by atoms with Crippen LogP contribution in [-0.4, -0.2) is 29.7 Å². The zero-order valence-corrected chi connectivity index (χ0v) is 13.5. The van der Waals surface area contributed by atoms with Gasteiger partial charge < -0.3 is 5.11 Å². The fraction of sp³-hybridized carbons (Fsp3) is 0.647. The van der Waals surface area contributed by atoms with E-state index in [2.05, 4.69) is 5.92 Å². The molecule has 1 unspecified atom stereocenters. The molecule has 2 aliphatic rings. The zero-order valence-electron chi connectivity index (χ0n) is 13.5. The van der Waals surface area contributed by atoms with Gasteiger partial charge in [0.15, 0.2) is 5.78 Å². The number of alkyl halides is 4. The number of rotatable bonds is 5. The highest BCUT2D eigenvalue weighted by molar-refractivity contribution is 6.01. The van der Waals surface area contributed by atoms with Gasteiger partial charge in [-0.2, -0.15) is 0 Å². The van der Waals surface area contributed by atoms with Crippen molar-refractivity contribution in [3.8, 4) is 12.3 Å². The average molecular weight is 346 g/mol. The van der Waals surface area contributed by atoms with E-state index < -0.39 is 46.8 Å². The van der Waals surface area contributed by atoms with Gasteiger partial charge in [-0.15, -0.1) is 12.3 Å². The molecule has 0 aliphatic heterocycles. The lowest BCUT2D eigenvalue weighted by atomic mass is 9.76. The molecule has 1 N–H and O–H groups in total. The molecule has 0 radical (unpaired) electrons. The number of hydrogen-bond donors (Lipinski definition) is 1.